The molecule has 1 saturated carbocycles. The van der Waals surface area contributed by atoms with Crippen LogP contribution >= 0.6 is 0 Å². The summed E-state index contributed by atoms with van der Waals surface area (Å²) in [7, 11) is 0. The van der Waals surface area contributed by atoms with E-state index in [2.05, 4.69) is 19.2 Å². The molecule has 2 nitrogen and oxygen atoms in total. The van der Waals surface area contributed by atoms with Crippen molar-refractivity contribution in [2.24, 2.45) is 5.41 Å². The molecule has 1 aliphatic carbocycles. The van der Waals surface area contributed by atoms with Crippen molar-refractivity contribution in [1.29, 1.82) is 0 Å². The van der Waals surface area contributed by atoms with E-state index in [0.29, 0.717) is 17.2 Å². The Kier molecular flexibility index (Phi) is 3.08. The van der Waals surface area contributed by atoms with Crippen molar-refractivity contribution in [3.05, 3.63) is 24.3 Å². The lowest BCUT2D eigenvalue weighted by Crippen LogP contribution is -2.29. The molecule has 0 atom stereocenters. The number of benzene rings is 1. The average molecular weight is 219 g/mol. The van der Waals surface area contributed by atoms with Gasteiger partial charge in [0.2, 0.25) is 0 Å². The Morgan fingerprint density at radius 1 is 1.12 bits per heavy atom. The van der Waals surface area contributed by atoms with Crippen LogP contribution in [-0.2, 0) is 0 Å². The molecular weight excluding hydrogens is 198 g/mol. The van der Waals surface area contributed by atoms with Crippen LogP contribution in [0.25, 0.3) is 0 Å². The van der Waals surface area contributed by atoms with Crippen LogP contribution in [0.2, 0.25) is 0 Å². The quantitative estimate of drug-likeness (QED) is 0.742. The molecule has 2 heteroatoms. The van der Waals surface area contributed by atoms with Crippen molar-refractivity contribution in [2.45, 2.75) is 45.6 Å². The van der Waals surface area contributed by atoms with E-state index in [1.54, 1.807) is 12.1 Å². The standard InChI is InChI=1S/C14H21NO/c1-14(2)9-7-12(8-10-14)15-11-3-5-13(16)6-4-11/h3-6,12,15-16H,7-10H2,1-2H3. The number of aromatic hydroxyl groups is 1. The van der Waals surface area contributed by atoms with Crippen molar-refractivity contribution in [3.8, 4) is 5.75 Å². The Balaban J connectivity index is 1.89. The third-order valence-corrected chi connectivity index (χ3v) is 3.58. The van der Waals surface area contributed by atoms with Gasteiger partial charge >= 0.3 is 0 Å². The van der Waals surface area contributed by atoms with Gasteiger partial charge in [0, 0.05) is 11.7 Å². The topological polar surface area (TPSA) is 32.3 Å². The summed E-state index contributed by atoms with van der Waals surface area (Å²) in [5.41, 5.74) is 1.63. The minimum Gasteiger partial charge on any atom is -0.508 e. The maximum absolute atomic E-state index is 9.20. The molecule has 1 fully saturated rings. The summed E-state index contributed by atoms with van der Waals surface area (Å²) in [6.07, 6.45) is 5.08. The molecule has 2 rings (SSSR count). The van der Waals surface area contributed by atoms with E-state index in [1.165, 1.54) is 25.7 Å². The Bertz CT molecular complexity index is 332. The zero-order valence-corrected chi connectivity index (χ0v) is 10.2. The van der Waals surface area contributed by atoms with Gasteiger partial charge in [0.05, 0.1) is 0 Å². The Labute approximate surface area is 97.7 Å². The zero-order valence-electron chi connectivity index (χ0n) is 10.2. The van der Waals surface area contributed by atoms with Crippen LogP contribution in [0.3, 0.4) is 0 Å². The fourth-order valence-corrected chi connectivity index (χ4v) is 2.34. The predicted molar refractivity (Wildman–Crippen MR) is 67.8 cm³/mol. The molecule has 0 spiro atoms. The van der Waals surface area contributed by atoms with Gasteiger partial charge in [0.25, 0.3) is 0 Å². The summed E-state index contributed by atoms with van der Waals surface area (Å²) in [6.45, 7) is 4.70. The number of anilines is 1. The molecule has 0 aromatic heterocycles. The minimum absolute atomic E-state index is 0.329. The van der Waals surface area contributed by atoms with Crippen molar-refractivity contribution in [3.63, 3.8) is 0 Å². The first-order valence-corrected chi connectivity index (χ1v) is 6.11. The summed E-state index contributed by atoms with van der Waals surface area (Å²) < 4.78 is 0. The number of hydrogen-bond acceptors (Lipinski definition) is 2. The molecule has 0 saturated heterocycles. The first-order chi connectivity index (χ1) is 7.55. The summed E-state index contributed by atoms with van der Waals surface area (Å²) >= 11 is 0. The number of hydrogen-bond donors (Lipinski definition) is 2. The lowest BCUT2D eigenvalue weighted by molar-refractivity contribution is 0.232. The molecule has 0 amide bonds. The molecule has 0 bridgehead atoms. The van der Waals surface area contributed by atoms with E-state index >= 15 is 0 Å². The SMILES string of the molecule is CC1(C)CCC(Nc2ccc(O)cc2)CC1. The molecule has 0 heterocycles. The van der Waals surface area contributed by atoms with E-state index < -0.39 is 0 Å². The van der Waals surface area contributed by atoms with Crippen molar-refractivity contribution in [2.75, 3.05) is 5.32 Å². The smallest absolute Gasteiger partial charge is 0.115 e. The van der Waals surface area contributed by atoms with Crippen molar-refractivity contribution in [1.82, 2.24) is 0 Å². The van der Waals surface area contributed by atoms with Gasteiger partial charge in [-0.3, -0.25) is 0 Å². The molecule has 16 heavy (non-hydrogen) atoms. The largest absolute Gasteiger partial charge is 0.508 e. The van der Waals surface area contributed by atoms with Crippen LogP contribution in [0, 0.1) is 5.41 Å². The molecular formula is C14H21NO. The summed E-state index contributed by atoms with van der Waals surface area (Å²) in [5, 5.41) is 12.7. The van der Waals surface area contributed by atoms with Crippen molar-refractivity contribution < 1.29 is 5.11 Å². The fourth-order valence-electron chi connectivity index (χ4n) is 2.34. The first-order valence-electron chi connectivity index (χ1n) is 6.11. The van der Waals surface area contributed by atoms with Gasteiger partial charge < -0.3 is 10.4 Å². The van der Waals surface area contributed by atoms with Gasteiger partial charge in [-0.1, -0.05) is 13.8 Å². The van der Waals surface area contributed by atoms with Gasteiger partial charge in [-0.2, -0.15) is 0 Å². The highest BCUT2D eigenvalue weighted by atomic mass is 16.3. The van der Waals surface area contributed by atoms with Gasteiger partial charge in [0.1, 0.15) is 5.75 Å². The highest BCUT2D eigenvalue weighted by Gasteiger charge is 2.26. The third-order valence-electron chi connectivity index (χ3n) is 3.58. The monoisotopic (exact) mass is 219 g/mol. The van der Waals surface area contributed by atoms with Crippen LogP contribution in [0.5, 0.6) is 5.75 Å². The maximum Gasteiger partial charge on any atom is 0.115 e. The average Bonchev–Trinajstić information content (AvgIpc) is 2.24. The number of phenols is 1. The van der Waals surface area contributed by atoms with Gasteiger partial charge in [0.15, 0.2) is 0 Å². The second-order valence-corrected chi connectivity index (χ2v) is 5.63. The van der Waals surface area contributed by atoms with E-state index in [4.69, 9.17) is 0 Å². The zero-order chi connectivity index (χ0) is 11.6. The van der Waals surface area contributed by atoms with E-state index in [1.807, 2.05) is 12.1 Å². The minimum atomic E-state index is 0.329. The van der Waals surface area contributed by atoms with Gasteiger partial charge in [-0.25, -0.2) is 0 Å². The molecule has 1 aromatic carbocycles. The van der Waals surface area contributed by atoms with E-state index in [0.717, 1.165) is 5.69 Å². The second kappa shape index (κ2) is 4.36. The lowest BCUT2D eigenvalue weighted by atomic mass is 9.75. The van der Waals surface area contributed by atoms with Gasteiger partial charge in [-0.05, 0) is 55.4 Å². The van der Waals surface area contributed by atoms with Crippen LogP contribution in [0.4, 0.5) is 5.69 Å². The molecule has 2 N–H and O–H groups in total. The second-order valence-electron chi connectivity index (χ2n) is 5.63. The number of nitrogens with one attached hydrogen (secondary N) is 1. The van der Waals surface area contributed by atoms with Crippen LogP contribution in [-0.4, -0.2) is 11.1 Å². The highest BCUT2D eigenvalue weighted by Crippen LogP contribution is 2.36. The van der Waals surface area contributed by atoms with E-state index in [9.17, 15) is 5.11 Å². The number of rotatable bonds is 2. The summed E-state index contributed by atoms with van der Waals surface area (Å²) in [5.74, 6) is 0.329. The Morgan fingerprint density at radius 2 is 1.69 bits per heavy atom. The van der Waals surface area contributed by atoms with Crippen molar-refractivity contribution >= 4 is 5.69 Å². The predicted octanol–water partition coefficient (Wildman–Crippen LogP) is 3.77. The van der Waals surface area contributed by atoms with Crippen LogP contribution in [0.1, 0.15) is 39.5 Å². The highest BCUT2D eigenvalue weighted by molar-refractivity contribution is 5.46. The molecule has 1 aliphatic rings. The molecule has 0 aliphatic heterocycles. The van der Waals surface area contributed by atoms with Crippen LogP contribution in [0.15, 0.2) is 24.3 Å². The molecule has 1 aromatic rings. The molecule has 0 radical (unpaired) electrons. The normalized spacial score (nSPS) is 20.6. The Morgan fingerprint density at radius 3 is 2.25 bits per heavy atom. The van der Waals surface area contributed by atoms with E-state index in [-0.39, 0.29) is 0 Å². The number of phenolic OH excluding ortho intramolecular Hbond substituents is 1. The summed E-state index contributed by atoms with van der Waals surface area (Å²) in [6, 6.07) is 7.94. The third kappa shape index (κ3) is 2.91. The molecule has 0 unspecified atom stereocenters. The fraction of sp³-hybridized carbons (Fsp3) is 0.571. The first kappa shape index (κ1) is 11.3. The lowest BCUT2D eigenvalue weighted by Gasteiger charge is -2.35. The molecule has 88 valence electrons. The summed E-state index contributed by atoms with van der Waals surface area (Å²) in [4.78, 5) is 0. The van der Waals surface area contributed by atoms with Crippen LogP contribution < -0.4 is 5.32 Å². The van der Waals surface area contributed by atoms with Gasteiger partial charge in [-0.15, -0.1) is 0 Å². The Hall–Kier alpha value is -1.18. The maximum atomic E-state index is 9.20.